The lowest BCUT2D eigenvalue weighted by Gasteiger charge is -2.36. The highest BCUT2D eigenvalue weighted by atomic mass is 16.3. The summed E-state index contributed by atoms with van der Waals surface area (Å²) in [7, 11) is 0. The molecule has 0 spiro atoms. The van der Waals surface area contributed by atoms with Crippen molar-refractivity contribution in [3.63, 3.8) is 0 Å². The maximum Gasteiger partial charge on any atom is 0.136 e. The van der Waals surface area contributed by atoms with Gasteiger partial charge in [-0.05, 0) is 18.9 Å². The molecule has 2 heteroatoms. The maximum absolute atomic E-state index is 12.0. The molecule has 17 heavy (non-hydrogen) atoms. The Labute approximate surface area is 103 Å². The van der Waals surface area contributed by atoms with Crippen LogP contribution >= 0.6 is 0 Å². The maximum atomic E-state index is 12.0. The predicted molar refractivity (Wildman–Crippen MR) is 68.1 cm³/mol. The van der Waals surface area contributed by atoms with Gasteiger partial charge in [-0.1, -0.05) is 38.5 Å². The fraction of sp³-hybridized carbons (Fsp3) is 0.533. The van der Waals surface area contributed by atoms with E-state index >= 15 is 0 Å². The number of phenols is 1. The van der Waals surface area contributed by atoms with Crippen LogP contribution in [-0.4, -0.2) is 10.9 Å². The Morgan fingerprint density at radius 2 is 1.94 bits per heavy atom. The summed E-state index contributed by atoms with van der Waals surface area (Å²) in [5.41, 5.74) is 0.614. The summed E-state index contributed by atoms with van der Waals surface area (Å²) in [6.45, 7) is 4.13. The molecule has 92 valence electrons. The van der Waals surface area contributed by atoms with E-state index in [9.17, 15) is 9.90 Å². The number of aromatic hydroxyl groups is 1. The zero-order valence-corrected chi connectivity index (χ0v) is 10.6. The first-order valence-corrected chi connectivity index (χ1v) is 6.34. The predicted octanol–water partition coefficient (Wildman–Crippen LogP) is 3.43. The van der Waals surface area contributed by atoms with Crippen LogP contribution in [-0.2, 0) is 10.2 Å². The van der Waals surface area contributed by atoms with Crippen LogP contribution in [0, 0.1) is 5.92 Å². The normalized spacial score (nSPS) is 21.5. The van der Waals surface area contributed by atoms with Crippen LogP contribution in [0.15, 0.2) is 24.3 Å². The molecule has 2 nitrogen and oxygen atoms in total. The molecule has 0 radical (unpaired) electrons. The topological polar surface area (TPSA) is 37.3 Å². The molecule has 1 N–H and O–H groups in total. The SMILES string of the molecule is CC(C)(c1ccccc1O)C1CCCCC1=O. The summed E-state index contributed by atoms with van der Waals surface area (Å²) in [5, 5.41) is 9.95. The van der Waals surface area contributed by atoms with E-state index in [1.165, 1.54) is 0 Å². The van der Waals surface area contributed by atoms with Crippen LogP contribution in [0.2, 0.25) is 0 Å². The van der Waals surface area contributed by atoms with Crippen LogP contribution in [0.1, 0.15) is 45.1 Å². The fourth-order valence-corrected chi connectivity index (χ4v) is 2.95. The van der Waals surface area contributed by atoms with Gasteiger partial charge in [0.15, 0.2) is 0 Å². The molecule has 1 atom stereocenters. The second-order valence-corrected chi connectivity index (χ2v) is 5.50. The molecule has 0 amide bonds. The molecule has 0 aliphatic heterocycles. The number of hydrogen-bond donors (Lipinski definition) is 1. The highest BCUT2D eigenvalue weighted by molar-refractivity contribution is 5.83. The Morgan fingerprint density at radius 3 is 2.59 bits per heavy atom. The molecule has 0 saturated heterocycles. The summed E-state index contributed by atoms with van der Waals surface area (Å²) >= 11 is 0. The summed E-state index contributed by atoms with van der Waals surface area (Å²) in [6, 6.07) is 7.36. The van der Waals surface area contributed by atoms with Gasteiger partial charge in [0.2, 0.25) is 0 Å². The van der Waals surface area contributed by atoms with Crippen molar-refractivity contribution in [3.05, 3.63) is 29.8 Å². The second-order valence-electron chi connectivity index (χ2n) is 5.50. The second kappa shape index (κ2) is 4.52. The first-order chi connectivity index (χ1) is 8.03. The van der Waals surface area contributed by atoms with Gasteiger partial charge in [0.25, 0.3) is 0 Å². The van der Waals surface area contributed by atoms with E-state index in [0.29, 0.717) is 18.0 Å². The first kappa shape index (κ1) is 12.2. The van der Waals surface area contributed by atoms with Crippen LogP contribution in [0.25, 0.3) is 0 Å². The minimum absolute atomic E-state index is 0.0459. The summed E-state index contributed by atoms with van der Waals surface area (Å²) in [6.07, 6.45) is 3.78. The van der Waals surface area contributed by atoms with Gasteiger partial charge in [0, 0.05) is 23.3 Å². The van der Waals surface area contributed by atoms with Crippen molar-refractivity contribution in [2.24, 2.45) is 5.92 Å². The van der Waals surface area contributed by atoms with Crippen molar-refractivity contribution in [1.82, 2.24) is 0 Å². The van der Waals surface area contributed by atoms with Crippen LogP contribution in [0.3, 0.4) is 0 Å². The number of phenolic OH excluding ortho intramolecular Hbond substituents is 1. The van der Waals surface area contributed by atoms with Gasteiger partial charge in [-0.2, -0.15) is 0 Å². The average Bonchev–Trinajstić information content (AvgIpc) is 2.29. The van der Waals surface area contributed by atoms with E-state index in [0.717, 1.165) is 24.8 Å². The van der Waals surface area contributed by atoms with Crippen molar-refractivity contribution in [1.29, 1.82) is 0 Å². The number of rotatable bonds is 2. The lowest BCUT2D eigenvalue weighted by Crippen LogP contribution is -2.36. The van der Waals surface area contributed by atoms with Crippen molar-refractivity contribution in [2.75, 3.05) is 0 Å². The number of carbonyl (C=O) groups excluding carboxylic acids is 1. The number of Topliss-reactive ketones (excluding diaryl/α,β-unsaturated/α-hetero) is 1. The van der Waals surface area contributed by atoms with Gasteiger partial charge in [-0.3, -0.25) is 4.79 Å². The Hall–Kier alpha value is -1.31. The first-order valence-electron chi connectivity index (χ1n) is 6.34. The third-order valence-corrected chi connectivity index (χ3v) is 4.02. The zero-order valence-electron chi connectivity index (χ0n) is 10.6. The van der Waals surface area contributed by atoms with Crippen LogP contribution in [0.5, 0.6) is 5.75 Å². The quantitative estimate of drug-likeness (QED) is 0.848. The molecule has 2 rings (SSSR count). The Balaban J connectivity index is 2.35. The molecule has 0 heterocycles. The average molecular weight is 232 g/mol. The Morgan fingerprint density at radius 1 is 1.24 bits per heavy atom. The largest absolute Gasteiger partial charge is 0.508 e. The molecule has 1 aliphatic carbocycles. The van der Waals surface area contributed by atoms with E-state index in [4.69, 9.17) is 0 Å². The van der Waals surface area contributed by atoms with E-state index in [1.54, 1.807) is 6.07 Å². The molecular formula is C15H20O2. The lowest BCUT2D eigenvalue weighted by atomic mass is 9.66. The lowest BCUT2D eigenvalue weighted by molar-refractivity contribution is -0.126. The van der Waals surface area contributed by atoms with Crippen LogP contribution < -0.4 is 0 Å². The highest BCUT2D eigenvalue weighted by Crippen LogP contribution is 2.41. The zero-order chi connectivity index (χ0) is 12.5. The molecule has 1 unspecified atom stereocenters. The van der Waals surface area contributed by atoms with Gasteiger partial charge in [-0.25, -0.2) is 0 Å². The highest BCUT2D eigenvalue weighted by Gasteiger charge is 2.38. The third-order valence-electron chi connectivity index (χ3n) is 4.02. The minimum atomic E-state index is -0.275. The molecule has 1 fully saturated rings. The smallest absolute Gasteiger partial charge is 0.136 e. The molecule has 1 aliphatic rings. The monoisotopic (exact) mass is 232 g/mol. The number of benzene rings is 1. The van der Waals surface area contributed by atoms with Crippen molar-refractivity contribution in [2.45, 2.75) is 44.9 Å². The molecule has 0 bridgehead atoms. The number of ketones is 1. The number of hydrogen-bond acceptors (Lipinski definition) is 2. The fourth-order valence-electron chi connectivity index (χ4n) is 2.95. The summed E-state index contributed by atoms with van der Waals surface area (Å²) in [4.78, 5) is 12.0. The van der Waals surface area contributed by atoms with Crippen molar-refractivity contribution in [3.8, 4) is 5.75 Å². The molecule has 1 saturated carbocycles. The van der Waals surface area contributed by atoms with Gasteiger partial charge >= 0.3 is 0 Å². The number of para-hydroxylation sites is 1. The standard InChI is InChI=1S/C15H20O2/c1-15(2,11-7-3-5-9-13(11)16)12-8-4-6-10-14(12)17/h3,5,7,9,12,16H,4,6,8,10H2,1-2H3. The molecule has 1 aromatic rings. The van der Waals surface area contributed by atoms with Gasteiger partial charge < -0.3 is 5.11 Å². The summed E-state index contributed by atoms with van der Waals surface area (Å²) < 4.78 is 0. The van der Waals surface area contributed by atoms with Gasteiger partial charge in [0.1, 0.15) is 11.5 Å². The molecule has 1 aromatic carbocycles. The summed E-state index contributed by atoms with van der Waals surface area (Å²) in [5.74, 6) is 0.699. The van der Waals surface area contributed by atoms with E-state index in [1.807, 2.05) is 18.2 Å². The van der Waals surface area contributed by atoms with E-state index in [2.05, 4.69) is 13.8 Å². The van der Waals surface area contributed by atoms with Crippen molar-refractivity contribution >= 4 is 5.78 Å². The van der Waals surface area contributed by atoms with Gasteiger partial charge in [0.05, 0.1) is 0 Å². The van der Waals surface area contributed by atoms with Crippen LogP contribution in [0.4, 0.5) is 0 Å². The number of carbonyl (C=O) groups is 1. The third kappa shape index (κ3) is 2.21. The van der Waals surface area contributed by atoms with E-state index < -0.39 is 0 Å². The molecular weight excluding hydrogens is 212 g/mol. The Kier molecular flexibility index (Phi) is 3.23. The Bertz CT molecular complexity index is 421. The van der Waals surface area contributed by atoms with Crippen molar-refractivity contribution < 1.29 is 9.90 Å². The van der Waals surface area contributed by atoms with Gasteiger partial charge in [-0.15, -0.1) is 0 Å². The molecule has 0 aromatic heterocycles. The minimum Gasteiger partial charge on any atom is -0.508 e. The van der Waals surface area contributed by atoms with E-state index in [-0.39, 0.29) is 11.3 Å².